The summed E-state index contributed by atoms with van der Waals surface area (Å²) < 4.78 is 0. The Balaban J connectivity index is 2.72. The maximum Gasteiger partial charge on any atom is 0.327 e. The summed E-state index contributed by atoms with van der Waals surface area (Å²) in [5, 5.41) is 11.9. The van der Waals surface area contributed by atoms with E-state index in [1.54, 1.807) is 13.8 Å². The number of rotatable bonds is 2. The van der Waals surface area contributed by atoms with E-state index >= 15 is 0 Å². The van der Waals surface area contributed by atoms with Gasteiger partial charge in [-0.1, -0.05) is 13.8 Å². The molecule has 0 saturated carbocycles. The van der Waals surface area contributed by atoms with Gasteiger partial charge in [0.2, 0.25) is 5.91 Å². The van der Waals surface area contributed by atoms with E-state index in [4.69, 9.17) is 5.11 Å². The van der Waals surface area contributed by atoms with Crippen molar-refractivity contribution in [2.24, 2.45) is 5.92 Å². The molecule has 14 heavy (non-hydrogen) atoms. The number of aliphatic carboxylic acids is 1. The van der Waals surface area contributed by atoms with Gasteiger partial charge in [-0.05, 0) is 0 Å². The molecule has 1 aliphatic rings. The lowest BCUT2D eigenvalue weighted by atomic mass is 10.1. The second kappa shape index (κ2) is 4.41. The van der Waals surface area contributed by atoms with Crippen LogP contribution in [0, 0.1) is 5.92 Å². The first kappa shape index (κ1) is 11.0. The molecule has 0 aliphatic carbocycles. The molecule has 1 saturated heterocycles. The van der Waals surface area contributed by atoms with Crippen LogP contribution in [0.3, 0.4) is 0 Å². The highest BCUT2D eigenvalue weighted by Crippen LogP contribution is 2.09. The molecule has 1 unspecified atom stereocenters. The number of piperazine rings is 1. The van der Waals surface area contributed by atoms with Crippen molar-refractivity contribution in [2.75, 3.05) is 19.6 Å². The lowest BCUT2D eigenvalue weighted by Crippen LogP contribution is -2.57. The van der Waals surface area contributed by atoms with Crippen LogP contribution in [0.15, 0.2) is 0 Å². The van der Waals surface area contributed by atoms with E-state index < -0.39 is 12.0 Å². The van der Waals surface area contributed by atoms with E-state index in [0.29, 0.717) is 19.6 Å². The second-order valence-corrected chi connectivity index (χ2v) is 3.74. The number of hydrogen-bond acceptors (Lipinski definition) is 3. The predicted molar refractivity (Wildman–Crippen MR) is 50.8 cm³/mol. The van der Waals surface area contributed by atoms with E-state index in [1.165, 1.54) is 4.90 Å². The molecule has 80 valence electrons. The number of hydrogen-bond donors (Lipinski definition) is 2. The number of amides is 1. The van der Waals surface area contributed by atoms with Crippen molar-refractivity contribution in [1.82, 2.24) is 10.2 Å². The van der Waals surface area contributed by atoms with Gasteiger partial charge < -0.3 is 15.3 Å². The minimum atomic E-state index is -0.939. The molecule has 0 bridgehead atoms. The number of carboxylic acid groups (broad SMARTS) is 1. The fraction of sp³-hybridized carbons (Fsp3) is 0.778. The topological polar surface area (TPSA) is 69.6 Å². The van der Waals surface area contributed by atoms with Crippen molar-refractivity contribution in [3.63, 3.8) is 0 Å². The summed E-state index contributed by atoms with van der Waals surface area (Å²) in [6, 6.07) is -0.710. The van der Waals surface area contributed by atoms with Crippen LogP contribution >= 0.6 is 0 Å². The highest BCUT2D eigenvalue weighted by atomic mass is 16.4. The van der Waals surface area contributed by atoms with Crippen LogP contribution in [0.1, 0.15) is 13.8 Å². The average Bonchev–Trinajstić information content (AvgIpc) is 2.16. The Morgan fingerprint density at radius 1 is 1.50 bits per heavy atom. The third kappa shape index (κ3) is 2.23. The van der Waals surface area contributed by atoms with Crippen LogP contribution in [0.4, 0.5) is 0 Å². The Kier molecular flexibility index (Phi) is 3.46. The summed E-state index contributed by atoms with van der Waals surface area (Å²) in [5.41, 5.74) is 0. The summed E-state index contributed by atoms with van der Waals surface area (Å²) in [6.07, 6.45) is 0. The van der Waals surface area contributed by atoms with Crippen LogP contribution in [0.2, 0.25) is 0 Å². The summed E-state index contributed by atoms with van der Waals surface area (Å²) in [4.78, 5) is 24.0. The third-order valence-corrected chi connectivity index (χ3v) is 2.31. The van der Waals surface area contributed by atoms with Crippen LogP contribution in [-0.2, 0) is 9.59 Å². The lowest BCUT2D eigenvalue weighted by molar-refractivity contribution is -0.152. The first-order valence-electron chi connectivity index (χ1n) is 4.78. The molecule has 5 nitrogen and oxygen atoms in total. The molecule has 1 fully saturated rings. The lowest BCUT2D eigenvalue weighted by Gasteiger charge is -2.34. The quantitative estimate of drug-likeness (QED) is 0.632. The van der Waals surface area contributed by atoms with E-state index in [-0.39, 0.29) is 11.8 Å². The van der Waals surface area contributed by atoms with E-state index in [1.807, 2.05) is 0 Å². The van der Waals surface area contributed by atoms with E-state index in [2.05, 4.69) is 5.32 Å². The van der Waals surface area contributed by atoms with Gasteiger partial charge in [-0.2, -0.15) is 0 Å². The third-order valence-electron chi connectivity index (χ3n) is 2.31. The predicted octanol–water partition coefficient (Wildman–Crippen LogP) is -0.473. The van der Waals surface area contributed by atoms with Gasteiger partial charge in [-0.15, -0.1) is 0 Å². The largest absolute Gasteiger partial charge is 0.480 e. The molecule has 1 atom stereocenters. The van der Waals surface area contributed by atoms with Crippen molar-refractivity contribution in [1.29, 1.82) is 0 Å². The number of carbonyl (C=O) groups excluding carboxylic acids is 1. The van der Waals surface area contributed by atoms with Crippen LogP contribution in [0.25, 0.3) is 0 Å². The Labute approximate surface area is 83.1 Å². The standard InChI is InChI=1S/C9H16N2O3/c1-6(2)8(12)11-4-3-10-5-7(11)9(13)14/h6-7,10H,3-5H2,1-2H3,(H,13,14). The van der Waals surface area contributed by atoms with Gasteiger partial charge in [-0.25, -0.2) is 4.79 Å². The van der Waals surface area contributed by atoms with Gasteiger partial charge >= 0.3 is 5.97 Å². The molecule has 0 spiro atoms. The van der Waals surface area contributed by atoms with Gasteiger partial charge in [0.05, 0.1) is 0 Å². The van der Waals surface area contributed by atoms with Crippen molar-refractivity contribution in [3.05, 3.63) is 0 Å². The normalized spacial score (nSPS) is 22.5. The van der Waals surface area contributed by atoms with Crippen LogP contribution < -0.4 is 5.32 Å². The Morgan fingerprint density at radius 3 is 2.64 bits per heavy atom. The summed E-state index contributed by atoms with van der Waals surface area (Å²) in [5.74, 6) is -1.17. The fourth-order valence-electron chi connectivity index (χ4n) is 1.52. The Morgan fingerprint density at radius 2 is 2.14 bits per heavy atom. The van der Waals surface area contributed by atoms with Gasteiger partial charge in [0.1, 0.15) is 6.04 Å². The molecule has 2 N–H and O–H groups in total. The maximum atomic E-state index is 11.6. The molecule has 1 aliphatic heterocycles. The first-order valence-corrected chi connectivity index (χ1v) is 4.78. The van der Waals surface area contributed by atoms with Gasteiger partial charge in [0.15, 0.2) is 0 Å². The minimum Gasteiger partial charge on any atom is -0.480 e. The van der Waals surface area contributed by atoms with Crippen molar-refractivity contribution < 1.29 is 14.7 Å². The van der Waals surface area contributed by atoms with Gasteiger partial charge in [-0.3, -0.25) is 4.79 Å². The summed E-state index contributed by atoms with van der Waals surface area (Å²) in [6.45, 7) is 5.05. The molecule has 5 heteroatoms. The molecular formula is C9H16N2O3. The zero-order valence-corrected chi connectivity index (χ0v) is 8.49. The monoisotopic (exact) mass is 200 g/mol. The SMILES string of the molecule is CC(C)C(=O)N1CCNCC1C(=O)O. The number of carboxylic acids is 1. The second-order valence-electron chi connectivity index (χ2n) is 3.74. The van der Waals surface area contributed by atoms with Crippen LogP contribution in [-0.4, -0.2) is 47.6 Å². The molecular weight excluding hydrogens is 184 g/mol. The molecule has 1 amide bonds. The molecule has 0 aromatic rings. The van der Waals surface area contributed by atoms with E-state index in [0.717, 1.165) is 0 Å². The number of nitrogens with zero attached hydrogens (tertiary/aromatic N) is 1. The Hall–Kier alpha value is -1.10. The smallest absolute Gasteiger partial charge is 0.327 e. The molecule has 0 aromatic carbocycles. The molecule has 1 heterocycles. The zero-order valence-electron chi connectivity index (χ0n) is 8.49. The maximum absolute atomic E-state index is 11.6. The number of carbonyl (C=O) groups is 2. The molecule has 1 rings (SSSR count). The highest BCUT2D eigenvalue weighted by molar-refractivity contribution is 5.85. The summed E-state index contributed by atoms with van der Waals surface area (Å²) in [7, 11) is 0. The van der Waals surface area contributed by atoms with Gasteiger partial charge in [0, 0.05) is 25.6 Å². The van der Waals surface area contributed by atoms with Crippen molar-refractivity contribution in [2.45, 2.75) is 19.9 Å². The van der Waals surface area contributed by atoms with E-state index in [9.17, 15) is 9.59 Å². The Bertz CT molecular complexity index is 240. The zero-order chi connectivity index (χ0) is 10.7. The molecule has 0 aromatic heterocycles. The van der Waals surface area contributed by atoms with Crippen molar-refractivity contribution >= 4 is 11.9 Å². The fourth-order valence-corrected chi connectivity index (χ4v) is 1.52. The highest BCUT2D eigenvalue weighted by Gasteiger charge is 2.32. The number of nitrogens with one attached hydrogen (secondary N) is 1. The van der Waals surface area contributed by atoms with Gasteiger partial charge in [0.25, 0.3) is 0 Å². The minimum absolute atomic E-state index is 0.0844. The van der Waals surface area contributed by atoms with Crippen molar-refractivity contribution in [3.8, 4) is 0 Å². The molecule has 0 radical (unpaired) electrons. The average molecular weight is 200 g/mol. The summed E-state index contributed by atoms with van der Waals surface area (Å²) >= 11 is 0. The van der Waals surface area contributed by atoms with Crippen LogP contribution in [0.5, 0.6) is 0 Å². The first-order chi connectivity index (χ1) is 6.54.